The van der Waals surface area contributed by atoms with Crippen LogP contribution in [0.2, 0.25) is 0 Å². The molecule has 2 rings (SSSR count). The number of halogens is 2. The minimum absolute atomic E-state index is 0.935. The summed E-state index contributed by atoms with van der Waals surface area (Å²) in [5, 5.41) is 3.45. The van der Waals surface area contributed by atoms with Crippen LogP contribution in [-0.4, -0.2) is 0 Å². The average Bonchev–Trinajstić information content (AvgIpc) is 2.75. The Morgan fingerprint density at radius 1 is 1.12 bits per heavy atom. The van der Waals surface area contributed by atoms with Crippen LogP contribution in [-0.2, 0) is 13.1 Å². The van der Waals surface area contributed by atoms with E-state index in [1.807, 2.05) is 0 Å². The van der Waals surface area contributed by atoms with E-state index in [4.69, 9.17) is 0 Å². The van der Waals surface area contributed by atoms with Gasteiger partial charge in [-0.05, 0) is 62.5 Å². The molecule has 0 saturated carbocycles. The van der Waals surface area contributed by atoms with Gasteiger partial charge < -0.3 is 5.32 Å². The molecule has 0 bridgehead atoms. The molecule has 1 nitrogen and oxygen atoms in total. The third kappa shape index (κ3) is 3.40. The maximum absolute atomic E-state index is 3.54. The molecule has 0 aromatic carbocycles. The minimum atomic E-state index is 0.935. The van der Waals surface area contributed by atoms with E-state index in [1.54, 1.807) is 22.7 Å². The molecule has 2 heterocycles. The highest BCUT2D eigenvalue weighted by Gasteiger charge is 2.03. The SMILES string of the molecule is Cc1cc(CNCc2ccc(Br)s2)sc1Br. The monoisotopic (exact) mass is 379 g/mol. The van der Waals surface area contributed by atoms with Crippen molar-refractivity contribution in [2.75, 3.05) is 0 Å². The summed E-state index contributed by atoms with van der Waals surface area (Å²) in [7, 11) is 0. The first-order chi connectivity index (χ1) is 7.65. The van der Waals surface area contributed by atoms with Crippen LogP contribution in [0.3, 0.4) is 0 Å². The van der Waals surface area contributed by atoms with E-state index in [1.165, 1.54) is 22.9 Å². The van der Waals surface area contributed by atoms with Crippen molar-refractivity contribution in [1.82, 2.24) is 5.32 Å². The molecule has 16 heavy (non-hydrogen) atoms. The van der Waals surface area contributed by atoms with Gasteiger partial charge in [0.2, 0.25) is 0 Å². The van der Waals surface area contributed by atoms with Gasteiger partial charge in [-0.15, -0.1) is 22.7 Å². The molecule has 86 valence electrons. The van der Waals surface area contributed by atoms with Gasteiger partial charge in [0.1, 0.15) is 0 Å². The van der Waals surface area contributed by atoms with Crippen molar-refractivity contribution in [2.45, 2.75) is 20.0 Å². The van der Waals surface area contributed by atoms with Gasteiger partial charge in [-0.2, -0.15) is 0 Å². The average molecular weight is 381 g/mol. The molecule has 5 heteroatoms. The lowest BCUT2D eigenvalue weighted by Gasteiger charge is -1.99. The fourth-order valence-electron chi connectivity index (χ4n) is 1.37. The molecule has 0 unspecified atom stereocenters. The van der Waals surface area contributed by atoms with Gasteiger partial charge in [-0.25, -0.2) is 0 Å². The first-order valence-electron chi connectivity index (χ1n) is 4.85. The predicted octanol–water partition coefficient (Wildman–Crippen LogP) is 4.93. The van der Waals surface area contributed by atoms with E-state index in [2.05, 4.69) is 62.3 Å². The van der Waals surface area contributed by atoms with Crippen LogP contribution >= 0.6 is 54.5 Å². The van der Waals surface area contributed by atoms with Gasteiger partial charge in [-0.1, -0.05) is 0 Å². The Bertz CT molecular complexity index is 457. The van der Waals surface area contributed by atoms with Crippen LogP contribution in [0.5, 0.6) is 0 Å². The molecule has 0 saturated heterocycles. The van der Waals surface area contributed by atoms with Crippen molar-refractivity contribution in [3.8, 4) is 0 Å². The van der Waals surface area contributed by atoms with Crippen molar-refractivity contribution in [2.24, 2.45) is 0 Å². The van der Waals surface area contributed by atoms with Crippen LogP contribution < -0.4 is 5.32 Å². The third-order valence-electron chi connectivity index (χ3n) is 2.14. The lowest BCUT2D eigenvalue weighted by molar-refractivity contribution is 0.709. The van der Waals surface area contributed by atoms with E-state index in [-0.39, 0.29) is 0 Å². The maximum Gasteiger partial charge on any atom is 0.0730 e. The van der Waals surface area contributed by atoms with E-state index >= 15 is 0 Å². The van der Waals surface area contributed by atoms with Crippen LogP contribution in [0.25, 0.3) is 0 Å². The highest BCUT2D eigenvalue weighted by molar-refractivity contribution is 9.11. The maximum atomic E-state index is 3.54. The molecule has 2 aromatic rings. The first kappa shape index (κ1) is 12.8. The van der Waals surface area contributed by atoms with E-state index < -0.39 is 0 Å². The van der Waals surface area contributed by atoms with Gasteiger partial charge in [0.05, 0.1) is 7.57 Å². The zero-order chi connectivity index (χ0) is 11.5. The van der Waals surface area contributed by atoms with Gasteiger partial charge in [0.25, 0.3) is 0 Å². The molecule has 0 aliphatic carbocycles. The van der Waals surface area contributed by atoms with E-state index in [0.29, 0.717) is 0 Å². The quantitative estimate of drug-likeness (QED) is 0.792. The summed E-state index contributed by atoms with van der Waals surface area (Å²) in [5.74, 6) is 0. The molecule has 0 atom stereocenters. The van der Waals surface area contributed by atoms with Gasteiger partial charge in [0, 0.05) is 22.8 Å². The van der Waals surface area contributed by atoms with E-state index in [0.717, 1.165) is 13.1 Å². The second kappa shape index (κ2) is 5.78. The van der Waals surface area contributed by atoms with Crippen molar-refractivity contribution >= 4 is 54.5 Å². The Balaban J connectivity index is 1.84. The summed E-state index contributed by atoms with van der Waals surface area (Å²) in [6.07, 6.45) is 0. The number of nitrogens with one attached hydrogen (secondary N) is 1. The van der Waals surface area contributed by atoms with Crippen molar-refractivity contribution in [1.29, 1.82) is 0 Å². The summed E-state index contributed by atoms with van der Waals surface area (Å²) in [6, 6.07) is 6.47. The number of aryl methyl sites for hydroxylation is 1. The minimum Gasteiger partial charge on any atom is -0.307 e. The van der Waals surface area contributed by atoms with Gasteiger partial charge in [-0.3, -0.25) is 0 Å². The smallest absolute Gasteiger partial charge is 0.0730 e. The van der Waals surface area contributed by atoms with Crippen molar-refractivity contribution in [3.63, 3.8) is 0 Å². The second-order valence-corrected chi connectivity index (χ2v) is 8.48. The molecule has 0 aliphatic heterocycles. The predicted molar refractivity (Wildman–Crippen MR) is 79.3 cm³/mol. The van der Waals surface area contributed by atoms with Crippen LogP contribution in [0.1, 0.15) is 15.3 Å². The molecule has 0 aliphatic rings. The lowest BCUT2D eigenvalue weighted by atomic mass is 10.3. The number of hydrogen-bond acceptors (Lipinski definition) is 3. The van der Waals surface area contributed by atoms with Crippen LogP contribution in [0.4, 0.5) is 0 Å². The molecular weight excluding hydrogens is 370 g/mol. The topological polar surface area (TPSA) is 12.0 Å². The normalized spacial score (nSPS) is 10.9. The summed E-state index contributed by atoms with van der Waals surface area (Å²) in [4.78, 5) is 2.74. The molecule has 1 N–H and O–H groups in total. The second-order valence-electron chi connectivity index (χ2n) is 3.48. The molecule has 0 fully saturated rings. The first-order valence-corrected chi connectivity index (χ1v) is 8.07. The largest absolute Gasteiger partial charge is 0.307 e. The molecule has 0 amide bonds. The summed E-state index contributed by atoms with van der Waals surface area (Å²) >= 11 is 10.6. The lowest BCUT2D eigenvalue weighted by Crippen LogP contribution is -2.10. The summed E-state index contributed by atoms with van der Waals surface area (Å²) in [6.45, 7) is 4.00. The Hall–Kier alpha value is 0.320. The standard InChI is InChI=1S/C11H11Br2NS2/c1-7-4-9(16-11(7)13)6-14-5-8-2-3-10(12)15-8/h2-4,14H,5-6H2,1H3. The Kier molecular flexibility index (Phi) is 4.61. The number of hydrogen-bond donors (Lipinski definition) is 1. The van der Waals surface area contributed by atoms with Crippen LogP contribution in [0, 0.1) is 6.92 Å². The summed E-state index contributed by atoms with van der Waals surface area (Å²) in [5.41, 5.74) is 1.32. The molecule has 0 spiro atoms. The van der Waals surface area contributed by atoms with Gasteiger partial charge >= 0.3 is 0 Å². The Morgan fingerprint density at radius 3 is 2.44 bits per heavy atom. The number of rotatable bonds is 4. The van der Waals surface area contributed by atoms with Crippen molar-refractivity contribution in [3.05, 3.63) is 41.1 Å². The van der Waals surface area contributed by atoms with Crippen molar-refractivity contribution < 1.29 is 0 Å². The number of thiophene rings is 2. The van der Waals surface area contributed by atoms with Gasteiger partial charge in [0.15, 0.2) is 0 Å². The highest BCUT2D eigenvalue weighted by Crippen LogP contribution is 2.27. The zero-order valence-corrected chi connectivity index (χ0v) is 13.5. The molecule has 0 radical (unpaired) electrons. The van der Waals surface area contributed by atoms with Crippen LogP contribution in [0.15, 0.2) is 25.8 Å². The molecular formula is C11H11Br2NS2. The summed E-state index contributed by atoms with van der Waals surface area (Å²) < 4.78 is 2.43. The highest BCUT2D eigenvalue weighted by atomic mass is 79.9. The third-order valence-corrected chi connectivity index (χ3v) is 5.90. The fraction of sp³-hybridized carbons (Fsp3) is 0.273. The van der Waals surface area contributed by atoms with E-state index in [9.17, 15) is 0 Å². The molecule has 2 aromatic heterocycles. The zero-order valence-electron chi connectivity index (χ0n) is 8.72. The Labute approximate surface area is 120 Å². The Morgan fingerprint density at radius 2 is 1.88 bits per heavy atom. The fourth-order valence-corrected chi connectivity index (χ4v) is 4.42.